The van der Waals surface area contributed by atoms with Crippen molar-refractivity contribution < 1.29 is 14.0 Å². The Kier molecular flexibility index (Phi) is 3.76. The third-order valence-electron chi connectivity index (χ3n) is 2.14. The molecule has 6 heteroatoms. The van der Waals surface area contributed by atoms with Crippen LogP contribution in [0, 0.1) is 11.3 Å². The highest BCUT2D eigenvalue weighted by Gasteiger charge is 2.08. The fourth-order valence-electron chi connectivity index (χ4n) is 1.36. The Morgan fingerprint density at radius 1 is 1.33 bits per heavy atom. The first-order valence-corrected chi connectivity index (χ1v) is 5.38. The lowest BCUT2D eigenvalue weighted by Crippen LogP contribution is -2.01. The molecule has 0 bridgehead atoms. The van der Waals surface area contributed by atoms with Crippen molar-refractivity contribution in [3.05, 3.63) is 36.0 Å². The summed E-state index contributed by atoms with van der Waals surface area (Å²) >= 11 is 0. The standard InChI is InChI=1S/C12H11N3O3/c1-2-16-11-5-9(6-13)3-4-10(11)17-7-12-14-8-18-15-12/h3-5,8H,2,7H2,1H3. The van der Waals surface area contributed by atoms with Gasteiger partial charge in [0.15, 0.2) is 18.1 Å². The monoisotopic (exact) mass is 245 g/mol. The molecule has 0 aliphatic rings. The van der Waals surface area contributed by atoms with Gasteiger partial charge in [-0.3, -0.25) is 0 Å². The van der Waals surface area contributed by atoms with E-state index < -0.39 is 0 Å². The van der Waals surface area contributed by atoms with Gasteiger partial charge in [-0.2, -0.15) is 10.2 Å². The summed E-state index contributed by atoms with van der Waals surface area (Å²) in [5.74, 6) is 1.52. The first-order chi connectivity index (χ1) is 8.83. The highest BCUT2D eigenvalue weighted by atomic mass is 16.5. The Balaban J connectivity index is 2.13. The fourth-order valence-corrected chi connectivity index (χ4v) is 1.36. The first kappa shape index (κ1) is 11.9. The summed E-state index contributed by atoms with van der Waals surface area (Å²) < 4.78 is 15.5. The maximum absolute atomic E-state index is 8.82. The lowest BCUT2D eigenvalue weighted by atomic mass is 10.2. The molecule has 0 aliphatic carbocycles. The van der Waals surface area contributed by atoms with Crippen LogP contribution in [-0.2, 0) is 6.61 Å². The molecule has 6 nitrogen and oxygen atoms in total. The van der Waals surface area contributed by atoms with E-state index in [-0.39, 0.29) is 6.61 Å². The van der Waals surface area contributed by atoms with Gasteiger partial charge in [0.2, 0.25) is 12.2 Å². The van der Waals surface area contributed by atoms with Crippen LogP contribution in [0.15, 0.2) is 29.1 Å². The summed E-state index contributed by atoms with van der Waals surface area (Å²) in [6, 6.07) is 7.03. The van der Waals surface area contributed by atoms with Crippen LogP contribution in [0.2, 0.25) is 0 Å². The molecule has 92 valence electrons. The summed E-state index contributed by atoms with van der Waals surface area (Å²) in [4.78, 5) is 3.84. The molecule has 0 unspecified atom stereocenters. The van der Waals surface area contributed by atoms with Crippen LogP contribution in [-0.4, -0.2) is 16.7 Å². The van der Waals surface area contributed by atoms with E-state index in [2.05, 4.69) is 14.7 Å². The van der Waals surface area contributed by atoms with Crippen LogP contribution in [0.3, 0.4) is 0 Å². The quantitative estimate of drug-likeness (QED) is 0.800. The van der Waals surface area contributed by atoms with Crippen molar-refractivity contribution in [2.45, 2.75) is 13.5 Å². The third-order valence-corrected chi connectivity index (χ3v) is 2.14. The molecule has 2 aromatic rings. The zero-order valence-electron chi connectivity index (χ0n) is 9.79. The zero-order chi connectivity index (χ0) is 12.8. The lowest BCUT2D eigenvalue weighted by molar-refractivity contribution is 0.258. The second-order valence-corrected chi connectivity index (χ2v) is 3.34. The zero-order valence-corrected chi connectivity index (χ0v) is 9.79. The molecule has 0 radical (unpaired) electrons. The summed E-state index contributed by atoms with van der Waals surface area (Å²) in [6.07, 6.45) is 1.24. The normalized spacial score (nSPS) is 9.78. The minimum atomic E-state index is 0.183. The van der Waals surface area contributed by atoms with Gasteiger partial charge < -0.3 is 14.0 Å². The molecule has 0 N–H and O–H groups in total. The van der Waals surface area contributed by atoms with E-state index in [0.29, 0.717) is 29.5 Å². The van der Waals surface area contributed by atoms with Crippen LogP contribution in [0.1, 0.15) is 18.3 Å². The molecule has 0 saturated heterocycles. The molecular weight excluding hydrogens is 234 g/mol. The number of hydrogen-bond acceptors (Lipinski definition) is 6. The SMILES string of the molecule is CCOc1cc(C#N)ccc1OCc1ncon1. The van der Waals surface area contributed by atoms with Gasteiger partial charge in [0, 0.05) is 6.07 Å². The molecule has 0 saturated carbocycles. The smallest absolute Gasteiger partial charge is 0.213 e. The number of ether oxygens (including phenoxy) is 2. The lowest BCUT2D eigenvalue weighted by Gasteiger charge is -2.10. The van der Waals surface area contributed by atoms with Gasteiger partial charge in [-0.1, -0.05) is 5.16 Å². The molecule has 1 aromatic carbocycles. The molecular formula is C12H11N3O3. The summed E-state index contributed by atoms with van der Waals surface area (Å²) in [5, 5.41) is 12.5. The molecule has 0 atom stereocenters. The number of rotatable bonds is 5. The van der Waals surface area contributed by atoms with Gasteiger partial charge in [0.25, 0.3) is 0 Å². The third kappa shape index (κ3) is 2.77. The van der Waals surface area contributed by atoms with E-state index >= 15 is 0 Å². The van der Waals surface area contributed by atoms with Crippen LogP contribution < -0.4 is 9.47 Å². The summed E-state index contributed by atoms with van der Waals surface area (Å²) in [7, 11) is 0. The van der Waals surface area contributed by atoms with Gasteiger partial charge in [-0.25, -0.2) is 0 Å². The number of benzene rings is 1. The topological polar surface area (TPSA) is 81.2 Å². The van der Waals surface area contributed by atoms with E-state index in [4.69, 9.17) is 14.7 Å². The number of nitriles is 1. The Hall–Kier alpha value is -2.55. The molecule has 18 heavy (non-hydrogen) atoms. The minimum absolute atomic E-state index is 0.183. The highest BCUT2D eigenvalue weighted by Crippen LogP contribution is 2.28. The Bertz CT molecular complexity index is 546. The summed E-state index contributed by atoms with van der Waals surface area (Å²) in [6.45, 7) is 2.54. The van der Waals surface area contributed by atoms with E-state index in [1.165, 1.54) is 6.39 Å². The number of hydrogen-bond donors (Lipinski definition) is 0. The van der Waals surface area contributed by atoms with Crippen LogP contribution in [0.5, 0.6) is 11.5 Å². The van der Waals surface area contributed by atoms with Crippen molar-refractivity contribution in [2.75, 3.05) is 6.61 Å². The molecule has 0 aliphatic heterocycles. The van der Waals surface area contributed by atoms with Gasteiger partial charge in [0.1, 0.15) is 0 Å². The fraction of sp³-hybridized carbons (Fsp3) is 0.250. The van der Waals surface area contributed by atoms with E-state index in [1.54, 1.807) is 18.2 Å². The van der Waals surface area contributed by atoms with Gasteiger partial charge >= 0.3 is 0 Å². The van der Waals surface area contributed by atoms with Crippen molar-refractivity contribution in [3.8, 4) is 17.6 Å². The van der Waals surface area contributed by atoms with E-state index in [9.17, 15) is 0 Å². The van der Waals surface area contributed by atoms with Crippen LogP contribution in [0.4, 0.5) is 0 Å². The predicted molar refractivity (Wildman–Crippen MR) is 61.0 cm³/mol. The molecule has 1 aromatic heterocycles. The molecule has 0 spiro atoms. The molecule has 1 heterocycles. The Labute approximate surface area is 104 Å². The maximum Gasteiger partial charge on any atom is 0.213 e. The average molecular weight is 245 g/mol. The average Bonchev–Trinajstić information content (AvgIpc) is 2.90. The number of aromatic nitrogens is 2. The van der Waals surface area contributed by atoms with E-state index in [1.807, 2.05) is 13.0 Å². The van der Waals surface area contributed by atoms with Crippen LogP contribution >= 0.6 is 0 Å². The molecule has 0 fully saturated rings. The Morgan fingerprint density at radius 3 is 2.89 bits per heavy atom. The largest absolute Gasteiger partial charge is 0.490 e. The second kappa shape index (κ2) is 5.68. The van der Waals surface area contributed by atoms with Crippen molar-refractivity contribution >= 4 is 0 Å². The van der Waals surface area contributed by atoms with E-state index in [0.717, 1.165) is 0 Å². The van der Waals surface area contributed by atoms with Gasteiger partial charge in [0.05, 0.1) is 18.2 Å². The van der Waals surface area contributed by atoms with Gasteiger partial charge in [-0.15, -0.1) is 0 Å². The van der Waals surface area contributed by atoms with Crippen molar-refractivity contribution in [2.24, 2.45) is 0 Å². The van der Waals surface area contributed by atoms with Crippen LogP contribution in [0.25, 0.3) is 0 Å². The van der Waals surface area contributed by atoms with Crippen molar-refractivity contribution in [1.29, 1.82) is 5.26 Å². The maximum atomic E-state index is 8.82. The number of nitrogens with zero attached hydrogens (tertiary/aromatic N) is 3. The van der Waals surface area contributed by atoms with Gasteiger partial charge in [-0.05, 0) is 19.1 Å². The Morgan fingerprint density at radius 2 is 2.22 bits per heavy atom. The predicted octanol–water partition coefficient (Wildman–Crippen LogP) is 1.92. The summed E-state index contributed by atoms with van der Waals surface area (Å²) in [5.41, 5.74) is 0.519. The minimum Gasteiger partial charge on any atom is -0.490 e. The highest BCUT2D eigenvalue weighted by molar-refractivity contribution is 5.46. The molecule has 0 amide bonds. The molecule has 2 rings (SSSR count). The first-order valence-electron chi connectivity index (χ1n) is 5.38. The second-order valence-electron chi connectivity index (χ2n) is 3.34. The van der Waals surface area contributed by atoms with Crippen molar-refractivity contribution in [1.82, 2.24) is 10.1 Å². The van der Waals surface area contributed by atoms with Crippen molar-refractivity contribution in [3.63, 3.8) is 0 Å².